The quantitative estimate of drug-likeness (QED) is 0.0268. The van der Waals surface area contributed by atoms with Crippen molar-refractivity contribution in [3.63, 3.8) is 0 Å². The maximum absolute atomic E-state index is 11.3. The van der Waals surface area contributed by atoms with Gasteiger partial charge in [0.25, 0.3) is 23.6 Å². The van der Waals surface area contributed by atoms with Crippen LogP contribution in [-0.4, -0.2) is 183 Å². The summed E-state index contributed by atoms with van der Waals surface area (Å²) >= 11 is 0. The van der Waals surface area contributed by atoms with Gasteiger partial charge in [0.2, 0.25) is 35.4 Å². The predicted octanol–water partition coefficient (Wildman–Crippen LogP) is -1.98. The number of carbonyl (C=O) groups is 14. The smallest absolute Gasteiger partial charge is 0.431 e. The molecule has 0 aromatic heterocycles. The summed E-state index contributed by atoms with van der Waals surface area (Å²) in [5, 5.41) is 16.6. The SMILES string of the molecule is CC(C)(C)OC(=O)NOCC(=O)ON1C(=O)CCC1=O.CCC(=O)NCCN.CCC(=O)NCCN.CCC(=O)NCCNC(=O)CC.CCC(=O)NCCNC(=O)CONC(=O)OC(C)(C)C.CCC(=O)ON1C(=O)CCC1=O.NCCN. The van der Waals surface area contributed by atoms with Gasteiger partial charge in [0.05, 0.1) is 0 Å². The molecule has 2 rings (SSSR count). The van der Waals surface area contributed by atoms with Gasteiger partial charge in [0.1, 0.15) is 11.2 Å². The molecule has 2 aliphatic rings. The molecule has 0 radical (unpaired) electrons. The monoisotopic (exact) mass is 1210 g/mol. The Bertz CT molecular complexity index is 1930. The predicted molar refractivity (Wildman–Crippen MR) is 301 cm³/mol. The van der Waals surface area contributed by atoms with E-state index in [0.29, 0.717) is 108 Å². The number of nitrogens with one attached hydrogen (secondary N) is 8. The first-order valence-electron chi connectivity index (χ1n) is 27.1. The molecule has 0 bridgehead atoms. The number of hydrogen-bond donors (Lipinski definition) is 12. The first kappa shape index (κ1) is 85.1. The summed E-state index contributed by atoms with van der Waals surface area (Å²) in [6.45, 7) is 24.7. The molecule has 34 nitrogen and oxygen atoms in total. The first-order chi connectivity index (χ1) is 39.3. The molecule has 0 aromatic rings. The average Bonchev–Trinajstić information content (AvgIpc) is 4.08. The minimum atomic E-state index is -0.996. The van der Waals surface area contributed by atoms with Crippen molar-refractivity contribution in [2.24, 2.45) is 22.9 Å². The van der Waals surface area contributed by atoms with E-state index in [1.54, 1.807) is 69.2 Å². The number of amides is 12. The lowest BCUT2D eigenvalue weighted by Gasteiger charge is -2.19. The Balaban J connectivity index is -0.000000303. The molecule has 486 valence electrons. The third-order valence-corrected chi connectivity index (χ3v) is 8.43. The topological polar surface area (TPSA) is 501 Å². The molecule has 16 N–H and O–H groups in total. The number of carbonyl (C=O) groups excluding carboxylic acids is 14. The van der Waals surface area contributed by atoms with Crippen LogP contribution in [0.4, 0.5) is 9.59 Å². The third kappa shape index (κ3) is 57.6. The Labute approximate surface area is 491 Å². The molecule has 84 heavy (non-hydrogen) atoms. The van der Waals surface area contributed by atoms with Crippen LogP contribution in [0.25, 0.3) is 0 Å². The van der Waals surface area contributed by atoms with Gasteiger partial charge < -0.3 is 74.0 Å². The van der Waals surface area contributed by atoms with E-state index >= 15 is 0 Å². The fourth-order valence-electron chi connectivity index (χ4n) is 4.43. The minimum Gasteiger partial charge on any atom is -0.442 e. The van der Waals surface area contributed by atoms with Crippen molar-refractivity contribution in [1.29, 1.82) is 0 Å². The van der Waals surface area contributed by atoms with Crippen molar-refractivity contribution < 1.29 is 95.9 Å². The number of rotatable bonds is 25. The van der Waals surface area contributed by atoms with Gasteiger partial charge in [-0.2, -0.15) is 11.0 Å². The minimum absolute atomic E-state index is 0.00310. The van der Waals surface area contributed by atoms with Crippen molar-refractivity contribution in [2.75, 3.05) is 78.7 Å². The Morgan fingerprint density at radius 2 is 0.643 bits per heavy atom. The fraction of sp³-hybridized carbons (Fsp3) is 0.720. The molecule has 0 unspecified atom stereocenters. The molecule has 12 amide bonds. The van der Waals surface area contributed by atoms with Gasteiger partial charge in [-0.05, 0) is 41.5 Å². The molecule has 0 aromatic carbocycles. The molecule has 0 saturated carbocycles. The average molecular weight is 1210 g/mol. The molecule has 0 spiro atoms. The molecule has 0 atom stereocenters. The maximum atomic E-state index is 11.3. The molecule has 2 saturated heterocycles. The summed E-state index contributed by atoms with van der Waals surface area (Å²) in [5.41, 5.74) is 22.6. The summed E-state index contributed by atoms with van der Waals surface area (Å²) in [6, 6.07) is 0. The van der Waals surface area contributed by atoms with Gasteiger partial charge in [-0.15, -0.1) is 10.1 Å². The van der Waals surface area contributed by atoms with Gasteiger partial charge in [0.15, 0.2) is 13.2 Å². The molecular formula is C50H96N14O20. The molecule has 34 heteroatoms. The number of ether oxygens (including phenoxy) is 2. The van der Waals surface area contributed by atoms with Crippen LogP contribution in [0, 0.1) is 0 Å². The molecule has 2 heterocycles. The summed E-state index contributed by atoms with van der Waals surface area (Å²) < 4.78 is 9.74. The van der Waals surface area contributed by atoms with Crippen molar-refractivity contribution in [1.82, 2.24) is 53.0 Å². The normalized spacial score (nSPS) is 11.9. The van der Waals surface area contributed by atoms with Crippen molar-refractivity contribution in [3.8, 4) is 0 Å². The largest absolute Gasteiger partial charge is 0.442 e. The second kappa shape index (κ2) is 53.4. The molecule has 0 aliphatic carbocycles. The van der Waals surface area contributed by atoms with Crippen LogP contribution in [0.1, 0.15) is 147 Å². The van der Waals surface area contributed by atoms with Crippen LogP contribution in [0.2, 0.25) is 0 Å². The summed E-state index contributed by atoms with van der Waals surface area (Å²) in [5.74, 6) is -3.97. The van der Waals surface area contributed by atoms with Crippen LogP contribution < -0.4 is 65.8 Å². The standard InChI is InChI=1S/C12H23N3O5.C11H16N2O7.C8H16N2O2.C7H9NO4.2C5H12N2O.C2H8N2/c1-5-9(16)13-6-7-14-10(17)8-19-15-11(18)20-12(2,3)4;1-11(2,3)19-10(17)12-18-6-9(16)20-13-7(14)4-5-8(13)15;1-3-7(11)9-5-6-10-8(12)4-2;1-2-7(11)12-8-5(9)3-4-6(8)10;2*1-2-5(8)7-4-3-6;3-1-2-4/h5-8H2,1-4H3,(H,13,16)(H,14,17)(H,15,18);4-6H2,1-3H3,(H,12,17);3-6H2,1-2H3,(H,9,11)(H,10,12);2-4H2,1H3;2*2-4,6H2,1H3,(H,7,8);1-4H2. The van der Waals surface area contributed by atoms with E-state index in [4.69, 9.17) is 32.4 Å². The van der Waals surface area contributed by atoms with Gasteiger partial charge in [-0.1, -0.05) is 41.5 Å². The van der Waals surface area contributed by atoms with E-state index in [9.17, 15) is 67.1 Å². The molecule has 2 fully saturated rings. The maximum Gasteiger partial charge on any atom is 0.431 e. The Morgan fingerprint density at radius 1 is 0.381 bits per heavy atom. The van der Waals surface area contributed by atoms with Gasteiger partial charge >= 0.3 is 24.1 Å². The zero-order chi connectivity index (χ0) is 65.7. The van der Waals surface area contributed by atoms with E-state index in [0.717, 1.165) is 0 Å². The highest BCUT2D eigenvalue weighted by Gasteiger charge is 2.33. The van der Waals surface area contributed by atoms with Crippen molar-refractivity contribution >= 4 is 83.2 Å². The molecular weight excluding hydrogens is 1120 g/mol. The first-order valence-corrected chi connectivity index (χ1v) is 27.1. The highest BCUT2D eigenvalue weighted by Crippen LogP contribution is 2.13. The van der Waals surface area contributed by atoms with Crippen LogP contribution in [0.15, 0.2) is 0 Å². The van der Waals surface area contributed by atoms with Gasteiger partial charge in [0, 0.05) is 130 Å². The van der Waals surface area contributed by atoms with Crippen LogP contribution in [0.3, 0.4) is 0 Å². The zero-order valence-corrected chi connectivity index (χ0v) is 50.9. The van der Waals surface area contributed by atoms with Gasteiger partial charge in [-0.3, -0.25) is 57.6 Å². The number of nitrogens with two attached hydrogens (primary N) is 4. The van der Waals surface area contributed by atoms with E-state index in [1.165, 1.54) is 0 Å². The van der Waals surface area contributed by atoms with Crippen LogP contribution in [0.5, 0.6) is 0 Å². The highest BCUT2D eigenvalue weighted by molar-refractivity contribution is 6.02. The second-order valence-corrected chi connectivity index (χ2v) is 18.3. The highest BCUT2D eigenvalue weighted by atomic mass is 16.8. The summed E-state index contributed by atoms with van der Waals surface area (Å²) in [7, 11) is 0. The zero-order valence-electron chi connectivity index (χ0n) is 50.9. The lowest BCUT2D eigenvalue weighted by atomic mass is 10.2. The van der Waals surface area contributed by atoms with E-state index in [-0.39, 0.29) is 68.2 Å². The number of hydroxylamine groups is 6. The van der Waals surface area contributed by atoms with E-state index in [1.807, 2.05) is 24.8 Å². The number of imide groups is 2. The van der Waals surface area contributed by atoms with E-state index in [2.05, 4.69) is 51.3 Å². The summed E-state index contributed by atoms with van der Waals surface area (Å²) in [6.07, 6.45) is 1.24. The Kier molecular flexibility index (Phi) is 54.1. The van der Waals surface area contributed by atoms with E-state index < -0.39 is 71.5 Å². The van der Waals surface area contributed by atoms with Crippen molar-refractivity contribution in [3.05, 3.63) is 0 Å². The van der Waals surface area contributed by atoms with Gasteiger partial charge in [-0.25, -0.2) is 19.2 Å². The lowest BCUT2D eigenvalue weighted by molar-refractivity contribution is -0.201. The Hall–Kier alpha value is -7.66. The summed E-state index contributed by atoms with van der Waals surface area (Å²) in [4.78, 5) is 171. The van der Waals surface area contributed by atoms with Crippen molar-refractivity contribution in [2.45, 2.75) is 158 Å². The fourth-order valence-corrected chi connectivity index (χ4v) is 4.43. The second-order valence-electron chi connectivity index (χ2n) is 18.3. The Morgan fingerprint density at radius 3 is 0.893 bits per heavy atom. The van der Waals surface area contributed by atoms with Crippen LogP contribution >= 0.6 is 0 Å². The number of hydrogen-bond acceptors (Lipinski definition) is 24. The number of nitrogens with zero attached hydrogens (tertiary/aromatic N) is 2. The third-order valence-electron chi connectivity index (χ3n) is 8.43. The van der Waals surface area contributed by atoms with Crippen LogP contribution in [-0.2, 0) is 86.4 Å². The lowest BCUT2D eigenvalue weighted by Crippen LogP contribution is -2.38. The molecule has 2 aliphatic heterocycles.